The van der Waals surface area contributed by atoms with E-state index < -0.39 is 0 Å². The number of halogens is 1. The Morgan fingerprint density at radius 3 is 2.27 bits per heavy atom. The molecule has 0 aliphatic heterocycles. The van der Waals surface area contributed by atoms with Crippen LogP contribution in [0.1, 0.15) is 17.8 Å². The Hall–Kier alpha value is -0.630. The summed E-state index contributed by atoms with van der Waals surface area (Å²) in [5, 5.41) is 0.400. The summed E-state index contributed by atoms with van der Waals surface area (Å²) < 4.78 is 0. The number of alkyl halides is 1. The van der Waals surface area contributed by atoms with Crippen molar-refractivity contribution in [3.05, 3.63) is 35.9 Å². The molecule has 0 N–H and O–H groups in total. The first-order valence-electron chi connectivity index (χ1n) is 2.99. The van der Waals surface area contributed by atoms with Gasteiger partial charge < -0.3 is 0 Å². The standard InChI is InChI=1S/C8H7BrO.CH4/c9-6-8(10)7-4-2-1-3-5-7;/h1-5H,6H2;1H4. The van der Waals surface area contributed by atoms with Crippen LogP contribution in [0.2, 0.25) is 0 Å². The number of hydrogen-bond donors (Lipinski definition) is 0. The Labute approximate surface area is 75.6 Å². The van der Waals surface area contributed by atoms with Gasteiger partial charge in [0.05, 0.1) is 5.33 Å². The molecule has 11 heavy (non-hydrogen) atoms. The molecule has 0 heterocycles. The van der Waals surface area contributed by atoms with Crippen LogP contribution in [0.5, 0.6) is 0 Å². The van der Waals surface area contributed by atoms with Crippen LogP contribution in [-0.4, -0.2) is 11.1 Å². The molecule has 0 amide bonds. The minimum absolute atomic E-state index is 0. The van der Waals surface area contributed by atoms with E-state index in [2.05, 4.69) is 15.9 Å². The van der Waals surface area contributed by atoms with Crippen LogP contribution in [0.15, 0.2) is 30.3 Å². The smallest absolute Gasteiger partial charge is 0.173 e. The minimum Gasteiger partial charge on any atom is -0.293 e. The van der Waals surface area contributed by atoms with Crippen LogP contribution in [0, 0.1) is 0 Å². The Kier molecular flexibility index (Phi) is 4.79. The van der Waals surface area contributed by atoms with Crippen LogP contribution in [0.3, 0.4) is 0 Å². The van der Waals surface area contributed by atoms with E-state index in [9.17, 15) is 4.79 Å². The van der Waals surface area contributed by atoms with E-state index in [1.54, 1.807) is 0 Å². The van der Waals surface area contributed by atoms with Crippen LogP contribution in [0.4, 0.5) is 0 Å². The molecule has 0 fully saturated rings. The lowest BCUT2D eigenvalue weighted by Crippen LogP contribution is -1.98. The molecule has 0 aromatic heterocycles. The number of rotatable bonds is 2. The highest BCUT2D eigenvalue weighted by molar-refractivity contribution is 9.09. The summed E-state index contributed by atoms with van der Waals surface area (Å²) in [6.45, 7) is 0. The predicted octanol–water partition coefficient (Wildman–Crippen LogP) is 2.90. The Morgan fingerprint density at radius 2 is 1.82 bits per heavy atom. The predicted molar refractivity (Wildman–Crippen MR) is 51.3 cm³/mol. The third-order valence-electron chi connectivity index (χ3n) is 1.22. The molecule has 1 rings (SSSR count). The van der Waals surface area contributed by atoms with E-state index in [-0.39, 0.29) is 13.2 Å². The van der Waals surface area contributed by atoms with Gasteiger partial charge in [-0.2, -0.15) is 0 Å². The molecule has 60 valence electrons. The summed E-state index contributed by atoms with van der Waals surface area (Å²) >= 11 is 3.10. The maximum Gasteiger partial charge on any atom is 0.173 e. The van der Waals surface area contributed by atoms with Gasteiger partial charge in [0, 0.05) is 5.56 Å². The number of Topliss-reactive ketones (excluding diaryl/α,β-unsaturated/α-hetero) is 1. The van der Waals surface area contributed by atoms with Crippen molar-refractivity contribution < 1.29 is 4.79 Å². The lowest BCUT2D eigenvalue weighted by atomic mass is 10.2. The van der Waals surface area contributed by atoms with Crippen molar-refractivity contribution in [3.63, 3.8) is 0 Å². The Balaban J connectivity index is 0.000001000. The average molecular weight is 215 g/mol. The van der Waals surface area contributed by atoms with Crippen molar-refractivity contribution in [2.75, 3.05) is 5.33 Å². The van der Waals surface area contributed by atoms with E-state index >= 15 is 0 Å². The largest absolute Gasteiger partial charge is 0.293 e. The molecule has 0 aliphatic carbocycles. The SMILES string of the molecule is C.O=C(CBr)c1ccccc1. The fraction of sp³-hybridized carbons (Fsp3) is 0.222. The molecule has 0 saturated carbocycles. The van der Waals surface area contributed by atoms with Gasteiger partial charge in [0.15, 0.2) is 5.78 Å². The second kappa shape index (κ2) is 5.08. The van der Waals surface area contributed by atoms with Crippen LogP contribution < -0.4 is 0 Å². The van der Waals surface area contributed by atoms with Gasteiger partial charge in [-0.3, -0.25) is 4.79 Å². The van der Waals surface area contributed by atoms with Gasteiger partial charge in [-0.1, -0.05) is 53.7 Å². The summed E-state index contributed by atoms with van der Waals surface area (Å²) in [6.07, 6.45) is 0. The number of carbonyl (C=O) groups is 1. The van der Waals surface area contributed by atoms with Crippen LogP contribution in [0.25, 0.3) is 0 Å². The Morgan fingerprint density at radius 1 is 1.27 bits per heavy atom. The van der Waals surface area contributed by atoms with Gasteiger partial charge in [0.1, 0.15) is 0 Å². The first kappa shape index (κ1) is 10.4. The molecular formula is C9H11BrO. The van der Waals surface area contributed by atoms with Crippen molar-refractivity contribution in [3.8, 4) is 0 Å². The normalized spacial score (nSPS) is 8.45. The van der Waals surface area contributed by atoms with E-state index in [4.69, 9.17) is 0 Å². The van der Waals surface area contributed by atoms with Gasteiger partial charge in [-0.15, -0.1) is 0 Å². The summed E-state index contributed by atoms with van der Waals surface area (Å²) in [5.41, 5.74) is 0.763. The zero-order valence-corrected chi connectivity index (χ0v) is 6.97. The fourth-order valence-corrected chi connectivity index (χ4v) is 1.02. The molecule has 2 heteroatoms. The van der Waals surface area contributed by atoms with Crippen molar-refractivity contribution in [2.24, 2.45) is 0 Å². The van der Waals surface area contributed by atoms with E-state index in [1.165, 1.54) is 0 Å². The monoisotopic (exact) mass is 214 g/mol. The summed E-state index contributed by atoms with van der Waals surface area (Å²) in [4.78, 5) is 11.0. The molecule has 0 spiro atoms. The van der Waals surface area contributed by atoms with E-state index in [0.717, 1.165) is 5.56 Å². The molecule has 0 radical (unpaired) electrons. The van der Waals surface area contributed by atoms with E-state index in [0.29, 0.717) is 5.33 Å². The number of hydrogen-bond acceptors (Lipinski definition) is 1. The second-order valence-electron chi connectivity index (χ2n) is 1.92. The zero-order chi connectivity index (χ0) is 7.40. The topological polar surface area (TPSA) is 17.1 Å². The van der Waals surface area contributed by atoms with Gasteiger partial charge in [-0.05, 0) is 0 Å². The lowest BCUT2D eigenvalue weighted by molar-refractivity contribution is 0.102. The fourth-order valence-electron chi connectivity index (χ4n) is 0.701. The highest BCUT2D eigenvalue weighted by Gasteiger charge is 1.99. The third-order valence-corrected chi connectivity index (χ3v) is 1.73. The van der Waals surface area contributed by atoms with Gasteiger partial charge in [0.25, 0.3) is 0 Å². The first-order valence-corrected chi connectivity index (χ1v) is 4.11. The second-order valence-corrected chi connectivity index (χ2v) is 2.48. The molecule has 0 atom stereocenters. The quantitative estimate of drug-likeness (QED) is 0.547. The number of benzene rings is 1. The maximum absolute atomic E-state index is 11.0. The molecule has 0 saturated heterocycles. The van der Waals surface area contributed by atoms with Gasteiger partial charge in [-0.25, -0.2) is 0 Å². The summed E-state index contributed by atoms with van der Waals surface area (Å²) in [6, 6.07) is 9.23. The number of ketones is 1. The summed E-state index contributed by atoms with van der Waals surface area (Å²) in [7, 11) is 0. The maximum atomic E-state index is 11.0. The lowest BCUT2D eigenvalue weighted by Gasteiger charge is -1.92. The average Bonchev–Trinajstić information content (AvgIpc) is 2.05. The zero-order valence-electron chi connectivity index (χ0n) is 5.38. The van der Waals surface area contributed by atoms with Crippen LogP contribution >= 0.6 is 15.9 Å². The molecular weight excluding hydrogens is 204 g/mol. The summed E-state index contributed by atoms with van der Waals surface area (Å²) in [5.74, 6) is 0.126. The van der Waals surface area contributed by atoms with Crippen molar-refractivity contribution >= 4 is 21.7 Å². The molecule has 0 aliphatic rings. The molecule has 1 aromatic rings. The highest BCUT2D eigenvalue weighted by Crippen LogP contribution is 2.01. The highest BCUT2D eigenvalue weighted by atomic mass is 79.9. The van der Waals surface area contributed by atoms with Crippen molar-refractivity contribution in [1.82, 2.24) is 0 Å². The minimum atomic E-state index is 0. The van der Waals surface area contributed by atoms with Gasteiger partial charge >= 0.3 is 0 Å². The molecule has 0 bridgehead atoms. The van der Waals surface area contributed by atoms with Crippen molar-refractivity contribution in [2.45, 2.75) is 7.43 Å². The van der Waals surface area contributed by atoms with Crippen molar-refractivity contribution in [1.29, 1.82) is 0 Å². The Bertz CT molecular complexity index is 218. The van der Waals surface area contributed by atoms with Crippen LogP contribution in [-0.2, 0) is 0 Å². The third kappa shape index (κ3) is 2.85. The number of carbonyl (C=O) groups excluding carboxylic acids is 1. The molecule has 0 unspecified atom stereocenters. The molecule has 1 nitrogen and oxygen atoms in total. The van der Waals surface area contributed by atoms with Gasteiger partial charge in [0.2, 0.25) is 0 Å². The molecule has 1 aromatic carbocycles. The first-order chi connectivity index (χ1) is 4.84. The van der Waals surface area contributed by atoms with E-state index in [1.807, 2.05) is 30.3 Å².